The van der Waals surface area contributed by atoms with Gasteiger partial charge in [-0.15, -0.1) is 0 Å². The Labute approximate surface area is 107 Å². The molecule has 18 heavy (non-hydrogen) atoms. The van der Waals surface area contributed by atoms with Crippen molar-refractivity contribution in [2.75, 3.05) is 0 Å². The molecule has 1 aliphatic heterocycles. The Morgan fingerprint density at radius 1 is 1.33 bits per heavy atom. The molecule has 96 valence electrons. The number of amides is 2. The number of hydrogen-bond donors (Lipinski definition) is 1. The normalized spacial score (nSPS) is 20.7. The highest BCUT2D eigenvalue weighted by Gasteiger charge is 2.28. The van der Waals surface area contributed by atoms with Crippen LogP contribution in [0.25, 0.3) is 0 Å². The first-order chi connectivity index (χ1) is 8.38. The Kier molecular flexibility index (Phi) is 3.20. The van der Waals surface area contributed by atoms with Crippen LogP contribution in [0.1, 0.15) is 50.8 Å². The predicted molar refractivity (Wildman–Crippen MR) is 68.1 cm³/mol. The van der Waals surface area contributed by atoms with E-state index in [1.165, 1.54) is 0 Å². The molecule has 0 aromatic carbocycles. The highest BCUT2D eigenvalue weighted by atomic mass is 16.2. The lowest BCUT2D eigenvalue weighted by Gasteiger charge is -2.23. The van der Waals surface area contributed by atoms with Crippen LogP contribution in [0.5, 0.6) is 0 Å². The minimum Gasteiger partial charge on any atom is -0.296 e. The van der Waals surface area contributed by atoms with Crippen LogP contribution in [0.2, 0.25) is 0 Å². The fraction of sp³-hybridized carbons (Fsp3) is 0.500. The molecule has 1 aromatic rings. The third kappa shape index (κ3) is 2.58. The van der Waals surface area contributed by atoms with Gasteiger partial charge in [0.05, 0.1) is 5.92 Å². The highest BCUT2D eigenvalue weighted by molar-refractivity contribution is 6.00. The number of piperidine rings is 1. The van der Waals surface area contributed by atoms with Crippen molar-refractivity contribution < 1.29 is 9.59 Å². The van der Waals surface area contributed by atoms with Gasteiger partial charge in [0.1, 0.15) is 0 Å². The molecule has 2 heterocycles. The third-order valence-electron chi connectivity index (χ3n) is 3.19. The number of carbonyl (C=O) groups is 2. The summed E-state index contributed by atoms with van der Waals surface area (Å²) in [5.74, 6) is -0.606. The van der Waals surface area contributed by atoms with Gasteiger partial charge >= 0.3 is 0 Å². The van der Waals surface area contributed by atoms with Gasteiger partial charge in [0.15, 0.2) is 0 Å². The first-order valence-electron chi connectivity index (χ1n) is 6.18. The summed E-state index contributed by atoms with van der Waals surface area (Å²) in [5, 5.41) is 2.39. The van der Waals surface area contributed by atoms with Gasteiger partial charge < -0.3 is 0 Å². The van der Waals surface area contributed by atoms with Crippen LogP contribution in [0.15, 0.2) is 18.3 Å². The first-order valence-corrected chi connectivity index (χ1v) is 6.18. The summed E-state index contributed by atoms with van der Waals surface area (Å²) in [6.07, 6.45) is 2.72. The maximum atomic E-state index is 11.8. The number of rotatable bonds is 1. The van der Waals surface area contributed by atoms with Crippen molar-refractivity contribution in [3.63, 3.8) is 0 Å². The molecule has 0 aliphatic carbocycles. The van der Waals surface area contributed by atoms with Gasteiger partial charge in [0, 0.05) is 23.7 Å². The summed E-state index contributed by atoms with van der Waals surface area (Å²) in [7, 11) is 0. The molecule has 1 N–H and O–H groups in total. The maximum absolute atomic E-state index is 11.8. The Balaban J connectivity index is 2.29. The molecule has 1 saturated heterocycles. The van der Waals surface area contributed by atoms with E-state index in [0.29, 0.717) is 12.8 Å². The summed E-state index contributed by atoms with van der Waals surface area (Å²) in [6, 6.07) is 3.83. The summed E-state index contributed by atoms with van der Waals surface area (Å²) in [4.78, 5) is 27.3. The molecule has 0 radical (unpaired) electrons. The van der Waals surface area contributed by atoms with E-state index in [1.807, 2.05) is 12.1 Å². The lowest BCUT2D eigenvalue weighted by Crippen LogP contribution is -2.39. The Hall–Kier alpha value is -1.71. The SMILES string of the molecule is CC(C)(C)c1cc(C2CCC(=O)NC2=O)ccn1. The van der Waals surface area contributed by atoms with E-state index < -0.39 is 0 Å². The van der Waals surface area contributed by atoms with Gasteiger partial charge in [-0.1, -0.05) is 20.8 Å². The van der Waals surface area contributed by atoms with Gasteiger partial charge in [-0.2, -0.15) is 0 Å². The van der Waals surface area contributed by atoms with Crippen LogP contribution in [0, 0.1) is 0 Å². The number of imide groups is 1. The van der Waals surface area contributed by atoms with E-state index in [2.05, 4.69) is 31.1 Å². The summed E-state index contributed by atoms with van der Waals surface area (Å²) >= 11 is 0. The van der Waals surface area contributed by atoms with Crippen molar-refractivity contribution in [2.24, 2.45) is 0 Å². The zero-order valence-corrected chi connectivity index (χ0v) is 11.0. The number of aromatic nitrogens is 1. The fourth-order valence-corrected chi connectivity index (χ4v) is 2.09. The van der Waals surface area contributed by atoms with Crippen LogP contribution in [-0.2, 0) is 15.0 Å². The molecule has 1 atom stereocenters. The molecule has 1 aliphatic rings. The zero-order chi connectivity index (χ0) is 13.3. The summed E-state index contributed by atoms with van der Waals surface area (Å²) in [6.45, 7) is 6.26. The molecule has 0 bridgehead atoms. The second-order valence-corrected chi connectivity index (χ2v) is 5.73. The van der Waals surface area contributed by atoms with Crippen molar-refractivity contribution in [1.82, 2.24) is 10.3 Å². The molecule has 1 fully saturated rings. The number of pyridine rings is 1. The third-order valence-corrected chi connectivity index (χ3v) is 3.19. The zero-order valence-electron chi connectivity index (χ0n) is 11.0. The molecule has 0 saturated carbocycles. The number of hydrogen-bond acceptors (Lipinski definition) is 3. The van der Waals surface area contributed by atoms with Crippen LogP contribution in [0.3, 0.4) is 0 Å². The molecule has 4 heteroatoms. The highest BCUT2D eigenvalue weighted by Crippen LogP contribution is 2.28. The standard InChI is InChI=1S/C14H18N2O2/c1-14(2,3)11-8-9(6-7-15-11)10-4-5-12(17)16-13(10)18/h6-8,10H,4-5H2,1-3H3,(H,16,17,18). The average molecular weight is 246 g/mol. The van der Waals surface area contributed by atoms with E-state index in [1.54, 1.807) is 6.20 Å². The largest absolute Gasteiger partial charge is 0.296 e. The minimum atomic E-state index is -0.230. The van der Waals surface area contributed by atoms with E-state index >= 15 is 0 Å². The summed E-state index contributed by atoms with van der Waals surface area (Å²) < 4.78 is 0. The average Bonchev–Trinajstić information content (AvgIpc) is 2.28. The van der Waals surface area contributed by atoms with Crippen molar-refractivity contribution >= 4 is 11.8 Å². The molecule has 0 spiro atoms. The van der Waals surface area contributed by atoms with Gasteiger partial charge in [-0.3, -0.25) is 19.9 Å². The smallest absolute Gasteiger partial charge is 0.234 e. The van der Waals surface area contributed by atoms with Crippen molar-refractivity contribution in [3.05, 3.63) is 29.6 Å². The van der Waals surface area contributed by atoms with Crippen molar-refractivity contribution in [2.45, 2.75) is 44.9 Å². The molecule has 2 amide bonds. The lowest BCUT2D eigenvalue weighted by molar-refractivity contribution is -0.134. The monoisotopic (exact) mass is 246 g/mol. The Morgan fingerprint density at radius 2 is 2.06 bits per heavy atom. The van der Waals surface area contributed by atoms with Crippen molar-refractivity contribution in [3.8, 4) is 0 Å². The Bertz CT molecular complexity index is 489. The van der Waals surface area contributed by atoms with E-state index in [9.17, 15) is 9.59 Å². The molecule has 1 aromatic heterocycles. The predicted octanol–water partition coefficient (Wildman–Crippen LogP) is 1.90. The fourth-order valence-electron chi connectivity index (χ4n) is 2.09. The minimum absolute atomic E-state index is 0.0447. The van der Waals surface area contributed by atoms with Crippen LogP contribution in [-0.4, -0.2) is 16.8 Å². The van der Waals surface area contributed by atoms with Gasteiger partial charge in [-0.05, 0) is 24.1 Å². The second-order valence-electron chi connectivity index (χ2n) is 5.73. The lowest BCUT2D eigenvalue weighted by atomic mass is 9.86. The van der Waals surface area contributed by atoms with Gasteiger partial charge in [0.25, 0.3) is 0 Å². The van der Waals surface area contributed by atoms with Crippen LogP contribution < -0.4 is 5.32 Å². The quantitative estimate of drug-likeness (QED) is 0.770. The van der Waals surface area contributed by atoms with E-state index in [-0.39, 0.29) is 23.1 Å². The summed E-state index contributed by atoms with van der Waals surface area (Å²) in [5.41, 5.74) is 1.86. The molecule has 2 rings (SSSR count). The van der Waals surface area contributed by atoms with Gasteiger partial charge in [-0.25, -0.2) is 0 Å². The number of carbonyl (C=O) groups excluding carboxylic acids is 2. The number of nitrogens with zero attached hydrogens (tertiary/aromatic N) is 1. The van der Waals surface area contributed by atoms with E-state index in [0.717, 1.165) is 11.3 Å². The van der Waals surface area contributed by atoms with E-state index in [4.69, 9.17) is 0 Å². The number of nitrogens with one attached hydrogen (secondary N) is 1. The maximum Gasteiger partial charge on any atom is 0.234 e. The van der Waals surface area contributed by atoms with Gasteiger partial charge in [0.2, 0.25) is 11.8 Å². The molecular weight excluding hydrogens is 228 g/mol. The van der Waals surface area contributed by atoms with Crippen LogP contribution in [0.4, 0.5) is 0 Å². The molecule has 4 nitrogen and oxygen atoms in total. The van der Waals surface area contributed by atoms with Crippen LogP contribution >= 0.6 is 0 Å². The first kappa shape index (κ1) is 12.7. The Morgan fingerprint density at radius 3 is 2.67 bits per heavy atom. The second kappa shape index (κ2) is 4.52. The topological polar surface area (TPSA) is 59.1 Å². The molecule has 1 unspecified atom stereocenters. The molecular formula is C14H18N2O2. The van der Waals surface area contributed by atoms with Crippen molar-refractivity contribution in [1.29, 1.82) is 0 Å².